The number of ketones is 1. The summed E-state index contributed by atoms with van der Waals surface area (Å²) in [7, 11) is 0. The molecule has 1 amide bonds. The number of alkyl halides is 5. The van der Waals surface area contributed by atoms with Crippen molar-refractivity contribution in [1.82, 2.24) is 0 Å². The highest BCUT2D eigenvalue weighted by molar-refractivity contribution is 7.12. The molecule has 0 aliphatic rings. The summed E-state index contributed by atoms with van der Waals surface area (Å²) >= 11 is 6.79. The van der Waals surface area contributed by atoms with Crippen molar-refractivity contribution in [3.63, 3.8) is 0 Å². The van der Waals surface area contributed by atoms with Gasteiger partial charge in [0.15, 0.2) is 5.78 Å². The molecule has 0 atom stereocenters. The standard InChI is InChI=1S/C21H16F2O2S.C20H15F2NO2S.CH3Cl/c22-21(23)25-19-12-13-26-20(19)18(24)14-17-9-5-4-8-16(17)11-10-15-6-2-1-3-7-15;21-20(22)25-17-12-13-26-18(17)19(24)23-16-9-5-4-8-15(16)11-10-14-6-2-1-3-7-14;1-2/h1-13,21H,14H2;1-13,20H,(H,23,24);1H3/b2*11-10-;. The van der Waals surface area contributed by atoms with Crippen LogP contribution in [0.25, 0.3) is 24.3 Å². The van der Waals surface area contributed by atoms with Crippen LogP contribution in [0.15, 0.2) is 132 Å². The van der Waals surface area contributed by atoms with Crippen molar-refractivity contribution in [2.24, 2.45) is 0 Å². The molecule has 0 aliphatic carbocycles. The van der Waals surface area contributed by atoms with Crippen LogP contribution in [0.5, 0.6) is 11.5 Å². The van der Waals surface area contributed by atoms with Crippen LogP contribution in [0.3, 0.4) is 0 Å². The molecule has 0 aliphatic heterocycles. The monoisotopic (exact) mass is 791 g/mol. The minimum Gasteiger partial charge on any atom is -0.433 e. The minimum atomic E-state index is -2.97. The molecule has 0 saturated heterocycles. The van der Waals surface area contributed by atoms with E-state index in [4.69, 9.17) is 0 Å². The molecule has 6 rings (SSSR count). The third-order valence-corrected chi connectivity index (χ3v) is 9.11. The van der Waals surface area contributed by atoms with Crippen molar-refractivity contribution >= 4 is 76.0 Å². The van der Waals surface area contributed by atoms with Gasteiger partial charge in [0.1, 0.15) is 21.3 Å². The predicted octanol–water partition coefficient (Wildman–Crippen LogP) is 12.6. The van der Waals surface area contributed by atoms with E-state index in [1.807, 2.05) is 121 Å². The lowest BCUT2D eigenvalue weighted by molar-refractivity contribution is -0.0505. The first kappa shape index (κ1) is 41.3. The number of hydrogen-bond acceptors (Lipinski definition) is 6. The average Bonchev–Trinajstić information content (AvgIpc) is 3.85. The number of carbonyl (C=O) groups excluding carboxylic acids is 2. The van der Waals surface area contributed by atoms with E-state index in [0.717, 1.165) is 50.5 Å². The van der Waals surface area contributed by atoms with E-state index in [2.05, 4.69) is 26.4 Å². The van der Waals surface area contributed by atoms with E-state index in [-0.39, 0.29) is 33.5 Å². The normalized spacial score (nSPS) is 10.8. The molecule has 0 unspecified atom stereocenters. The summed E-state index contributed by atoms with van der Waals surface area (Å²) < 4.78 is 58.6. The van der Waals surface area contributed by atoms with E-state index in [9.17, 15) is 27.2 Å². The summed E-state index contributed by atoms with van der Waals surface area (Å²) in [5.74, 6) is -0.917. The minimum absolute atomic E-state index is 0.0627. The Balaban J connectivity index is 0.000000230. The van der Waals surface area contributed by atoms with E-state index >= 15 is 0 Å². The summed E-state index contributed by atoms with van der Waals surface area (Å²) in [6.45, 7) is -5.92. The lowest BCUT2D eigenvalue weighted by Crippen LogP contribution is -2.13. The van der Waals surface area contributed by atoms with Gasteiger partial charge in [0.2, 0.25) is 0 Å². The number of Topliss-reactive ketones (excluding diaryl/α,β-unsaturated/α-hetero) is 1. The Morgan fingerprint density at radius 3 is 1.65 bits per heavy atom. The first-order chi connectivity index (χ1) is 26.3. The summed E-state index contributed by atoms with van der Waals surface area (Å²) in [5, 5.41) is 5.87. The van der Waals surface area contributed by atoms with Crippen LogP contribution in [-0.4, -0.2) is 31.3 Å². The quantitative estimate of drug-likeness (QED) is 0.0547. The highest BCUT2D eigenvalue weighted by atomic mass is 35.5. The molecule has 0 saturated carbocycles. The van der Waals surface area contributed by atoms with E-state index in [0.29, 0.717) is 5.69 Å². The first-order valence-corrected chi connectivity index (χ1v) is 18.7. The van der Waals surface area contributed by atoms with Gasteiger partial charge >= 0.3 is 13.2 Å². The Hall–Kier alpha value is -5.49. The number of hydrogen-bond donors (Lipinski definition) is 1. The van der Waals surface area contributed by atoms with Crippen LogP contribution in [0.2, 0.25) is 0 Å². The molecule has 278 valence electrons. The fraction of sp³-hybridized carbons (Fsp3) is 0.0952. The molecular weight excluding hydrogens is 758 g/mol. The van der Waals surface area contributed by atoms with Crippen molar-refractivity contribution in [3.8, 4) is 11.5 Å². The Bertz CT molecular complexity index is 1970. The molecule has 0 bridgehead atoms. The van der Waals surface area contributed by atoms with E-state index in [1.165, 1.54) is 23.9 Å². The molecule has 0 fully saturated rings. The SMILES string of the molecule is CCl.O=C(Cc1ccccc1/C=C\c1ccccc1)c1sccc1OC(F)F.O=C(Nc1ccccc1/C=C\c1ccccc1)c1sccc1OC(F)F. The predicted molar refractivity (Wildman–Crippen MR) is 213 cm³/mol. The second-order valence-corrected chi connectivity index (χ2v) is 12.6. The highest BCUT2D eigenvalue weighted by Crippen LogP contribution is 2.30. The van der Waals surface area contributed by atoms with E-state index < -0.39 is 19.1 Å². The zero-order valence-electron chi connectivity index (χ0n) is 28.7. The molecule has 54 heavy (non-hydrogen) atoms. The summed E-state index contributed by atoms with van der Waals surface area (Å²) in [6.07, 6.45) is 9.33. The van der Waals surface area contributed by atoms with Crippen molar-refractivity contribution in [1.29, 1.82) is 0 Å². The lowest BCUT2D eigenvalue weighted by Gasteiger charge is -2.09. The van der Waals surface area contributed by atoms with Gasteiger partial charge in [-0.1, -0.05) is 127 Å². The van der Waals surface area contributed by atoms with Crippen LogP contribution in [0.4, 0.5) is 23.2 Å². The molecule has 5 nitrogen and oxygen atoms in total. The molecule has 2 aromatic heterocycles. The molecular formula is C42H34ClF4NO4S2. The molecule has 0 radical (unpaired) electrons. The van der Waals surface area contributed by atoms with Gasteiger partial charge in [0.25, 0.3) is 5.91 Å². The zero-order chi connectivity index (χ0) is 38.7. The van der Waals surface area contributed by atoms with Crippen LogP contribution in [-0.2, 0) is 6.42 Å². The summed E-state index contributed by atoms with van der Waals surface area (Å²) in [5.41, 5.74) is 5.22. The number of carbonyl (C=O) groups is 2. The van der Waals surface area contributed by atoms with Gasteiger partial charge in [-0.15, -0.1) is 34.3 Å². The van der Waals surface area contributed by atoms with Crippen LogP contribution >= 0.6 is 34.3 Å². The number of thiophene rings is 2. The third kappa shape index (κ3) is 12.9. The van der Waals surface area contributed by atoms with Gasteiger partial charge < -0.3 is 14.8 Å². The van der Waals surface area contributed by atoms with Gasteiger partial charge in [-0.25, -0.2) is 0 Å². The Labute approximate surface area is 323 Å². The van der Waals surface area contributed by atoms with Crippen molar-refractivity contribution in [2.45, 2.75) is 19.6 Å². The molecule has 4 aromatic carbocycles. The summed E-state index contributed by atoms with van der Waals surface area (Å²) in [6, 6.07) is 37.1. The smallest absolute Gasteiger partial charge is 0.387 e. The first-order valence-electron chi connectivity index (χ1n) is 16.2. The van der Waals surface area contributed by atoms with Crippen LogP contribution < -0.4 is 14.8 Å². The fourth-order valence-corrected chi connectivity index (χ4v) is 6.37. The third-order valence-electron chi connectivity index (χ3n) is 7.27. The molecule has 12 heteroatoms. The number of amides is 1. The lowest BCUT2D eigenvalue weighted by atomic mass is 10.0. The van der Waals surface area contributed by atoms with Gasteiger partial charge in [0, 0.05) is 18.5 Å². The largest absolute Gasteiger partial charge is 0.433 e. The maximum absolute atomic E-state index is 12.6. The Kier molecular flexibility index (Phi) is 16.7. The maximum Gasteiger partial charge on any atom is 0.387 e. The Morgan fingerprint density at radius 1 is 0.611 bits per heavy atom. The van der Waals surface area contributed by atoms with Crippen LogP contribution in [0, 0.1) is 0 Å². The second kappa shape index (κ2) is 21.9. The number of anilines is 1. The van der Waals surface area contributed by atoms with Gasteiger partial charge in [0.05, 0.1) is 0 Å². The molecule has 0 spiro atoms. The van der Waals surface area contributed by atoms with Crippen molar-refractivity contribution in [3.05, 3.63) is 170 Å². The maximum atomic E-state index is 12.6. The summed E-state index contributed by atoms with van der Waals surface area (Å²) in [4.78, 5) is 25.3. The van der Waals surface area contributed by atoms with Crippen LogP contribution in [0.1, 0.15) is 47.2 Å². The fourth-order valence-electron chi connectivity index (χ4n) is 4.89. The molecule has 1 N–H and O–H groups in total. The Morgan fingerprint density at radius 2 is 1.07 bits per heavy atom. The number of halogens is 5. The number of para-hydroxylation sites is 1. The average molecular weight is 792 g/mol. The second-order valence-electron chi connectivity index (χ2n) is 10.8. The van der Waals surface area contributed by atoms with Gasteiger partial charge in [-0.2, -0.15) is 17.6 Å². The molecule has 6 aromatic rings. The number of ether oxygens (including phenoxy) is 2. The highest BCUT2D eigenvalue weighted by Gasteiger charge is 2.19. The van der Waals surface area contributed by atoms with Gasteiger partial charge in [-0.3, -0.25) is 9.59 Å². The van der Waals surface area contributed by atoms with E-state index in [1.54, 1.807) is 17.5 Å². The molecule has 2 heterocycles. The van der Waals surface area contributed by atoms with Crippen molar-refractivity contribution < 1.29 is 36.6 Å². The zero-order valence-corrected chi connectivity index (χ0v) is 31.1. The number of benzene rings is 4. The van der Waals surface area contributed by atoms with Gasteiger partial charge in [-0.05, 0) is 56.8 Å². The van der Waals surface area contributed by atoms with Crippen molar-refractivity contribution in [2.75, 3.05) is 11.7 Å². The number of nitrogens with one attached hydrogen (secondary N) is 1. The topological polar surface area (TPSA) is 64.6 Å². The number of rotatable bonds is 13.